The van der Waals surface area contributed by atoms with Crippen LogP contribution in [0.3, 0.4) is 0 Å². The Labute approximate surface area is 154 Å². The SMILES string of the molecule is CC(C)(C(=O)NCC1CCCO1)C(=O)Nc1cc(C(F)(F)F)ccc1Cl. The van der Waals surface area contributed by atoms with Crippen LogP contribution in [-0.4, -0.2) is 31.1 Å². The van der Waals surface area contributed by atoms with Crippen LogP contribution in [0.25, 0.3) is 0 Å². The van der Waals surface area contributed by atoms with Crippen molar-refractivity contribution in [2.75, 3.05) is 18.5 Å². The maximum atomic E-state index is 12.8. The maximum Gasteiger partial charge on any atom is 0.416 e. The Morgan fingerprint density at radius 3 is 2.54 bits per heavy atom. The normalized spacial score (nSPS) is 17.8. The highest BCUT2D eigenvalue weighted by Crippen LogP contribution is 2.34. The van der Waals surface area contributed by atoms with Crippen LogP contribution in [0.5, 0.6) is 0 Å². The third kappa shape index (κ3) is 4.88. The molecular weight excluding hydrogens is 373 g/mol. The van der Waals surface area contributed by atoms with Crippen molar-refractivity contribution in [2.45, 2.75) is 39.0 Å². The number of carbonyl (C=O) groups excluding carboxylic acids is 2. The number of benzene rings is 1. The topological polar surface area (TPSA) is 67.4 Å². The molecule has 1 aromatic rings. The molecule has 26 heavy (non-hydrogen) atoms. The van der Waals surface area contributed by atoms with Crippen LogP contribution < -0.4 is 10.6 Å². The van der Waals surface area contributed by atoms with Crippen LogP contribution in [0.1, 0.15) is 32.3 Å². The quantitative estimate of drug-likeness (QED) is 0.752. The summed E-state index contributed by atoms with van der Waals surface area (Å²) in [6.07, 6.45) is -2.92. The lowest BCUT2D eigenvalue weighted by atomic mass is 9.90. The Morgan fingerprint density at radius 2 is 1.96 bits per heavy atom. The van der Waals surface area contributed by atoms with Gasteiger partial charge < -0.3 is 15.4 Å². The zero-order chi connectivity index (χ0) is 19.5. The van der Waals surface area contributed by atoms with E-state index in [-0.39, 0.29) is 23.4 Å². The van der Waals surface area contributed by atoms with Gasteiger partial charge in [-0.1, -0.05) is 11.6 Å². The van der Waals surface area contributed by atoms with Crippen molar-refractivity contribution in [3.8, 4) is 0 Å². The molecule has 1 fully saturated rings. The Hall–Kier alpha value is -1.80. The molecule has 5 nitrogen and oxygen atoms in total. The highest BCUT2D eigenvalue weighted by atomic mass is 35.5. The highest BCUT2D eigenvalue weighted by molar-refractivity contribution is 6.34. The third-order valence-corrected chi connectivity index (χ3v) is 4.52. The van der Waals surface area contributed by atoms with Gasteiger partial charge in [0.2, 0.25) is 11.8 Å². The summed E-state index contributed by atoms with van der Waals surface area (Å²) < 4.78 is 43.8. The van der Waals surface area contributed by atoms with Gasteiger partial charge in [-0.15, -0.1) is 0 Å². The lowest BCUT2D eigenvalue weighted by molar-refractivity contribution is -0.139. The van der Waals surface area contributed by atoms with E-state index in [1.165, 1.54) is 13.8 Å². The van der Waals surface area contributed by atoms with Crippen LogP contribution in [0.2, 0.25) is 5.02 Å². The Bertz CT molecular complexity index is 686. The van der Waals surface area contributed by atoms with Gasteiger partial charge in [0.05, 0.1) is 22.4 Å². The molecule has 2 rings (SSSR count). The lowest BCUT2D eigenvalue weighted by Gasteiger charge is -2.24. The van der Waals surface area contributed by atoms with Crippen molar-refractivity contribution >= 4 is 29.1 Å². The minimum Gasteiger partial charge on any atom is -0.376 e. The first-order chi connectivity index (χ1) is 12.0. The van der Waals surface area contributed by atoms with E-state index in [4.69, 9.17) is 16.3 Å². The molecule has 1 saturated heterocycles. The van der Waals surface area contributed by atoms with Crippen molar-refractivity contribution in [2.24, 2.45) is 5.41 Å². The van der Waals surface area contributed by atoms with Crippen molar-refractivity contribution < 1.29 is 27.5 Å². The molecule has 1 unspecified atom stereocenters. The molecule has 0 radical (unpaired) electrons. The molecule has 2 N–H and O–H groups in total. The molecule has 144 valence electrons. The number of hydrogen-bond acceptors (Lipinski definition) is 3. The zero-order valence-electron chi connectivity index (χ0n) is 14.4. The molecule has 1 aliphatic rings. The number of nitrogens with one attached hydrogen (secondary N) is 2. The molecule has 0 aromatic heterocycles. The van der Waals surface area contributed by atoms with Crippen LogP contribution in [0.15, 0.2) is 18.2 Å². The molecule has 2 amide bonds. The maximum absolute atomic E-state index is 12.8. The van der Waals surface area contributed by atoms with E-state index in [1.807, 2.05) is 0 Å². The summed E-state index contributed by atoms with van der Waals surface area (Å²) in [6, 6.07) is 2.60. The van der Waals surface area contributed by atoms with E-state index in [0.29, 0.717) is 6.61 Å². The number of alkyl halides is 3. The minimum atomic E-state index is -4.57. The van der Waals surface area contributed by atoms with Gasteiger partial charge in [0.15, 0.2) is 0 Å². The summed E-state index contributed by atoms with van der Waals surface area (Å²) in [5.41, 5.74) is -2.65. The number of amides is 2. The Kier molecular flexibility index (Phi) is 6.18. The molecule has 9 heteroatoms. The monoisotopic (exact) mass is 392 g/mol. The summed E-state index contributed by atoms with van der Waals surface area (Å²) in [7, 11) is 0. The molecule has 0 bridgehead atoms. The first kappa shape index (κ1) is 20.5. The van der Waals surface area contributed by atoms with Crippen molar-refractivity contribution in [3.05, 3.63) is 28.8 Å². The second kappa shape index (κ2) is 7.84. The molecule has 1 aromatic carbocycles. The standard InChI is InChI=1S/C17H20ClF3N2O3/c1-16(2,14(24)22-9-11-4-3-7-26-11)15(25)23-13-8-10(17(19,20)21)5-6-12(13)18/h5-6,8,11H,3-4,7,9H2,1-2H3,(H,22,24)(H,23,25). The molecule has 0 saturated carbocycles. The largest absolute Gasteiger partial charge is 0.416 e. The molecule has 0 spiro atoms. The summed E-state index contributed by atoms with van der Waals surface area (Å²) in [4.78, 5) is 24.8. The fourth-order valence-corrected chi connectivity index (χ4v) is 2.58. The number of carbonyl (C=O) groups is 2. The summed E-state index contributed by atoms with van der Waals surface area (Å²) >= 11 is 5.87. The van der Waals surface area contributed by atoms with E-state index in [1.54, 1.807) is 0 Å². The predicted molar refractivity (Wildman–Crippen MR) is 90.8 cm³/mol. The number of hydrogen-bond donors (Lipinski definition) is 2. The summed E-state index contributed by atoms with van der Waals surface area (Å²) in [5.74, 6) is -1.31. The average Bonchev–Trinajstić information content (AvgIpc) is 3.06. The fraction of sp³-hybridized carbons (Fsp3) is 0.529. The second-order valence-corrected chi connectivity index (χ2v) is 7.02. The summed E-state index contributed by atoms with van der Waals surface area (Å²) in [6.45, 7) is 3.68. The van der Waals surface area contributed by atoms with Gasteiger partial charge in [0.25, 0.3) is 0 Å². The van der Waals surface area contributed by atoms with Gasteiger partial charge in [0, 0.05) is 13.2 Å². The van der Waals surface area contributed by atoms with E-state index in [0.717, 1.165) is 31.0 Å². The highest BCUT2D eigenvalue weighted by Gasteiger charge is 2.37. The molecular formula is C17H20ClF3N2O3. The van der Waals surface area contributed by atoms with Crippen LogP contribution in [0, 0.1) is 5.41 Å². The van der Waals surface area contributed by atoms with Gasteiger partial charge in [-0.25, -0.2) is 0 Å². The molecule has 1 atom stereocenters. The van der Waals surface area contributed by atoms with Gasteiger partial charge >= 0.3 is 6.18 Å². The fourth-order valence-electron chi connectivity index (χ4n) is 2.41. The van der Waals surface area contributed by atoms with Crippen LogP contribution in [-0.2, 0) is 20.5 Å². The number of ether oxygens (including phenoxy) is 1. The van der Waals surface area contributed by atoms with Crippen LogP contribution in [0.4, 0.5) is 18.9 Å². The predicted octanol–water partition coefficient (Wildman–Crippen LogP) is 3.62. The van der Waals surface area contributed by atoms with E-state index >= 15 is 0 Å². The Balaban J connectivity index is 2.06. The zero-order valence-corrected chi connectivity index (χ0v) is 15.1. The number of anilines is 1. The number of halogens is 4. The second-order valence-electron chi connectivity index (χ2n) is 6.62. The van der Waals surface area contributed by atoms with Crippen LogP contribution >= 0.6 is 11.6 Å². The smallest absolute Gasteiger partial charge is 0.376 e. The minimum absolute atomic E-state index is 0.0538. The molecule has 0 aliphatic carbocycles. The van der Waals surface area contributed by atoms with Gasteiger partial charge in [-0.3, -0.25) is 9.59 Å². The molecule has 1 aliphatic heterocycles. The average molecular weight is 393 g/mol. The first-order valence-corrected chi connectivity index (χ1v) is 8.47. The lowest BCUT2D eigenvalue weighted by Crippen LogP contribution is -2.47. The van der Waals surface area contributed by atoms with E-state index < -0.39 is 29.0 Å². The van der Waals surface area contributed by atoms with Crippen molar-refractivity contribution in [1.82, 2.24) is 5.32 Å². The summed E-state index contributed by atoms with van der Waals surface area (Å²) in [5, 5.41) is 4.90. The van der Waals surface area contributed by atoms with Crippen molar-refractivity contribution in [1.29, 1.82) is 0 Å². The van der Waals surface area contributed by atoms with Gasteiger partial charge in [-0.2, -0.15) is 13.2 Å². The van der Waals surface area contributed by atoms with E-state index in [9.17, 15) is 22.8 Å². The first-order valence-electron chi connectivity index (χ1n) is 8.10. The third-order valence-electron chi connectivity index (χ3n) is 4.19. The van der Waals surface area contributed by atoms with Gasteiger partial charge in [0.1, 0.15) is 5.41 Å². The number of rotatable bonds is 5. The molecule has 1 heterocycles. The Morgan fingerprint density at radius 1 is 1.27 bits per heavy atom. The van der Waals surface area contributed by atoms with E-state index in [2.05, 4.69) is 10.6 Å². The van der Waals surface area contributed by atoms with Crippen molar-refractivity contribution in [3.63, 3.8) is 0 Å². The van der Waals surface area contributed by atoms with Gasteiger partial charge in [-0.05, 0) is 44.9 Å².